The normalized spacial score (nSPS) is 11.2. The summed E-state index contributed by atoms with van der Waals surface area (Å²) in [5, 5.41) is 12.9. The number of rotatable bonds is 3. The van der Waals surface area contributed by atoms with Crippen LogP contribution in [0.3, 0.4) is 0 Å². The lowest BCUT2D eigenvalue weighted by atomic mass is 9.93. The van der Waals surface area contributed by atoms with Crippen LogP contribution in [0.2, 0.25) is 5.02 Å². The highest BCUT2D eigenvalue weighted by atomic mass is 35.5. The summed E-state index contributed by atoms with van der Waals surface area (Å²) < 4.78 is 13.0. The van der Waals surface area contributed by atoms with Gasteiger partial charge in [0.1, 0.15) is 11.6 Å². The Kier molecular flexibility index (Phi) is 4.19. The van der Waals surface area contributed by atoms with Gasteiger partial charge in [-0.15, -0.1) is 0 Å². The van der Waals surface area contributed by atoms with E-state index in [0.29, 0.717) is 5.02 Å². The Labute approximate surface area is 127 Å². The minimum Gasteiger partial charge on any atom is -0.507 e. The van der Waals surface area contributed by atoms with E-state index in [9.17, 15) is 14.3 Å². The number of aromatic hydroxyl groups is 1. The molecule has 0 bridgehead atoms. The Morgan fingerprint density at radius 1 is 1.19 bits per heavy atom. The minimum absolute atomic E-state index is 0.0951. The Morgan fingerprint density at radius 2 is 1.81 bits per heavy atom. The molecule has 2 rings (SSSR count). The SMILES string of the molecule is CC(C)(NC(=O)c1cc(Cl)ccc1O)c1ccc(F)cc1. The van der Waals surface area contributed by atoms with E-state index in [-0.39, 0.29) is 17.1 Å². The molecule has 0 atom stereocenters. The molecule has 2 aromatic rings. The van der Waals surface area contributed by atoms with Crippen LogP contribution < -0.4 is 5.32 Å². The van der Waals surface area contributed by atoms with Crippen molar-refractivity contribution in [2.75, 3.05) is 0 Å². The van der Waals surface area contributed by atoms with Crippen molar-refractivity contribution in [3.8, 4) is 5.75 Å². The van der Waals surface area contributed by atoms with Crippen LogP contribution >= 0.6 is 11.6 Å². The summed E-state index contributed by atoms with van der Waals surface area (Å²) in [5.74, 6) is -0.940. The zero-order chi connectivity index (χ0) is 15.6. The second kappa shape index (κ2) is 5.74. The molecule has 0 fully saturated rings. The molecule has 0 aliphatic heterocycles. The predicted molar refractivity (Wildman–Crippen MR) is 80.0 cm³/mol. The van der Waals surface area contributed by atoms with Gasteiger partial charge in [0.2, 0.25) is 0 Å². The van der Waals surface area contributed by atoms with E-state index in [0.717, 1.165) is 5.56 Å². The van der Waals surface area contributed by atoms with Crippen molar-refractivity contribution in [1.82, 2.24) is 5.32 Å². The monoisotopic (exact) mass is 307 g/mol. The van der Waals surface area contributed by atoms with Crippen LogP contribution in [0, 0.1) is 5.82 Å². The van der Waals surface area contributed by atoms with Gasteiger partial charge in [0.15, 0.2) is 0 Å². The van der Waals surface area contributed by atoms with Gasteiger partial charge in [-0.25, -0.2) is 4.39 Å². The number of carbonyl (C=O) groups is 1. The van der Waals surface area contributed by atoms with Crippen LogP contribution in [0.25, 0.3) is 0 Å². The highest BCUT2D eigenvalue weighted by Gasteiger charge is 2.24. The van der Waals surface area contributed by atoms with Gasteiger partial charge < -0.3 is 10.4 Å². The van der Waals surface area contributed by atoms with E-state index in [1.54, 1.807) is 26.0 Å². The Hall–Kier alpha value is -2.07. The molecule has 0 heterocycles. The average Bonchev–Trinajstić information content (AvgIpc) is 2.41. The lowest BCUT2D eigenvalue weighted by molar-refractivity contribution is 0.0909. The van der Waals surface area contributed by atoms with E-state index >= 15 is 0 Å². The Morgan fingerprint density at radius 3 is 2.43 bits per heavy atom. The molecule has 1 amide bonds. The third kappa shape index (κ3) is 3.52. The molecule has 0 unspecified atom stereocenters. The van der Waals surface area contributed by atoms with Gasteiger partial charge in [-0.2, -0.15) is 0 Å². The molecule has 110 valence electrons. The molecule has 0 spiro atoms. The standard InChI is InChI=1S/C16H15ClFNO2/c1-16(2,10-3-6-12(18)7-4-10)19-15(21)13-9-11(17)5-8-14(13)20/h3-9,20H,1-2H3,(H,19,21). The molecular weight excluding hydrogens is 293 g/mol. The number of nitrogens with one attached hydrogen (secondary N) is 1. The van der Waals surface area contributed by atoms with E-state index in [1.807, 2.05) is 0 Å². The molecule has 0 aliphatic rings. The summed E-state index contributed by atoms with van der Waals surface area (Å²) in [6, 6.07) is 10.1. The van der Waals surface area contributed by atoms with Crippen LogP contribution in [-0.4, -0.2) is 11.0 Å². The van der Waals surface area contributed by atoms with Crippen molar-refractivity contribution in [1.29, 1.82) is 0 Å². The molecule has 5 heteroatoms. The van der Waals surface area contributed by atoms with E-state index in [1.165, 1.54) is 30.3 Å². The van der Waals surface area contributed by atoms with E-state index < -0.39 is 11.4 Å². The molecule has 2 aromatic carbocycles. The first-order chi connectivity index (χ1) is 9.79. The highest BCUT2D eigenvalue weighted by molar-refractivity contribution is 6.31. The summed E-state index contributed by atoms with van der Waals surface area (Å²) in [4.78, 5) is 12.3. The summed E-state index contributed by atoms with van der Waals surface area (Å²) >= 11 is 5.83. The molecule has 0 saturated carbocycles. The first-order valence-electron chi connectivity index (χ1n) is 6.37. The molecule has 0 aliphatic carbocycles. The van der Waals surface area contributed by atoms with Crippen molar-refractivity contribution in [2.24, 2.45) is 0 Å². The van der Waals surface area contributed by atoms with Crippen molar-refractivity contribution in [3.05, 3.63) is 64.4 Å². The first kappa shape index (κ1) is 15.3. The van der Waals surface area contributed by atoms with Gasteiger partial charge >= 0.3 is 0 Å². The number of hydrogen-bond donors (Lipinski definition) is 2. The lowest BCUT2D eigenvalue weighted by Crippen LogP contribution is -2.41. The van der Waals surface area contributed by atoms with Crippen LogP contribution in [-0.2, 0) is 5.54 Å². The van der Waals surface area contributed by atoms with E-state index in [4.69, 9.17) is 11.6 Å². The topological polar surface area (TPSA) is 49.3 Å². The van der Waals surface area contributed by atoms with Gasteiger partial charge in [0, 0.05) is 5.02 Å². The molecular formula is C16H15ClFNO2. The lowest BCUT2D eigenvalue weighted by Gasteiger charge is -2.27. The van der Waals surface area contributed by atoms with Gasteiger partial charge in [0.25, 0.3) is 5.91 Å². The first-order valence-corrected chi connectivity index (χ1v) is 6.74. The number of phenolic OH excluding ortho intramolecular Hbond substituents is 1. The van der Waals surface area contributed by atoms with Crippen LogP contribution in [0.4, 0.5) is 4.39 Å². The molecule has 3 nitrogen and oxygen atoms in total. The average molecular weight is 308 g/mol. The number of benzene rings is 2. The van der Waals surface area contributed by atoms with Gasteiger partial charge in [-0.3, -0.25) is 4.79 Å². The molecule has 0 aromatic heterocycles. The second-order valence-corrected chi connectivity index (χ2v) is 5.68. The second-order valence-electron chi connectivity index (χ2n) is 5.25. The van der Waals surface area contributed by atoms with E-state index in [2.05, 4.69) is 5.32 Å². The zero-order valence-electron chi connectivity index (χ0n) is 11.7. The fourth-order valence-electron chi connectivity index (χ4n) is 1.98. The number of hydrogen-bond acceptors (Lipinski definition) is 2. The Balaban J connectivity index is 2.25. The maximum Gasteiger partial charge on any atom is 0.255 e. The maximum atomic E-state index is 13.0. The third-order valence-electron chi connectivity index (χ3n) is 3.20. The van der Waals surface area contributed by atoms with Gasteiger partial charge in [-0.05, 0) is 49.7 Å². The molecule has 0 radical (unpaired) electrons. The van der Waals surface area contributed by atoms with Crippen molar-refractivity contribution < 1.29 is 14.3 Å². The van der Waals surface area contributed by atoms with Gasteiger partial charge in [0.05, 0.1) is 11.1 Å². The van der Waals surface area contributed by atoms with Gasteiger partial charge in [-0.1, -0.05) is 23.7 Å². The van der Waals surface area contributed by atoms with Crippen LogP contribution in [0.1, 0.15) is 29.8 Å². The number of amides is 1. The number of halogens is 2. The Bertz CT molecular complexity index is 668. The van der Waals surface area contributed by atoms with Crippen LogP contribution in [0.15, 0.2) is 42.5 Å². The van der Waals surface area contributed by atoms with Crippen molar-refractivity contribution in [3.63, 3.8) is 0 Å². The van der Waals surface area contributed by atoms with Crippen LogP contribution in [0.5, 0.6) is 5.75 Å². The predicted octanol–water partition coefficient (Wildman–Crippen LogP) is 3.85. The fraction of sp³-hybridized carbons (Fsp3) is 0.188. The summed E-state index contributed by atoms with van der Waals surface area (Å²) in [5.41, 5.74) is 0.121. The zero-order valence-corrected chi connectivity index (χ0v) is 12.4. The largest absolute Gasteiger partial charge is 0.507 e. The third-order valence-corrected chi connectivity index (χ3v) is 3.43. The summed E-state index contributed by atoms with van der Waals surface area (Å²) in [7, 11) is 0. The van der Waals surface area contributed by atoms with Crippen molar-refractivity contribution in [2.45, 2.75) is 19.4 Å². The van der Waals surface area contributed by atoms with Crippen molar-refractivity contribution >= 4 is 17.5 Å². The summed E-state index contributed by atoms with van der Waals surface area (Å²) in [6.07, 6.45) is 0. The molecule has 21 heavy (non-hydrogen) atoms. The highest BCUT2D eigenvalue weighted by Crippen LogP contribution is 2.25. The summed E-state index contributed by atoms with van der Waals surface area (Å²) in [6.45, 7) is 3.58. The number of carbonyl (C=O) groups excluding carboxylic acids is 1. The quantitative estimate of drug-likeness (QED) is 0.905. The number of phenols is 1. The minimum atomic E-state index is -0.723. The molecule has 0 saturated heterocycles. The smallest absolute Gasteiger partial charge is 0.255 e. The fourth-order valence-corrected chi connectivity index (χ4v) is 2.15. The maximum absolute atomic E-state index is 13.0. The molecule has 2 N–H and O–H groups in total.